The molecule has 0 aromatic heterocycles. The molecule has 2 rings (SSSR count). The Morgan fingerprint density at radius 1 is 1.08 bits per heavy atom. The summed E-state index contributed by atoms with van der Waals surface area (Å²) in [5.41, 5.74) is 0. The van der Waals surface area contributed by atoms with Gasteiger partial charge < -0.3 is 14.2 Å². The quantitative estimate of drug-likeness (QED) is 0.642. The van der Waals surface area contributed by atoms with Gasteiger partial charge in [-0.25, -0.2) is 0 Å². The second kappa shape index (κ2) is 4.21. The summed E-state index contributed by atoms with van der Waals surface area (Å²) in [6.45, 7) is 2.47. The van der Waals surface area contributed by atoms with Crippen LogP contribution in [0.2, 0.25) is 0 Å². The lowest BCUT2D eigenvalue weighted by Crippen LogP contribution is -2.34. The fourth-order valence-corrected chi connectivity index (χ4v) is 1.47. The third kappa shape index (κ3) is 2.19. The van der Waals surface area contributed by atoms with Crippen molar-refractivity contribution >= 4 is 0 Å². The Balaban J connectivity index is 1.58. The summed E-state index contributed by atoms with van der Waals surface area (Å²) in [6.07, 6.45) is 4.99. The van der Waals surface area contributed by atoms with E-state index in [2.05, 4.69) is 0 Å². The zero-order valence-electron chi connectivity index (χ0n) is 7.33. The summed E-state index contributed by atoms with van der Waals surface area (Å²) in [6, 6.07) is 0. The van der Waals surface area contributed by atoms with Crippen LogP contribution in [0.15, 0.2) is 0 Å². The Hall–Kier alpha value is -0.120. The van der Waals surface area contributed by atoms with E-state index in [9.17, 15) is 0 Å². The Morgan fingerprint density at radius 3 is 2.58 bits per heavy atom. The normalized spacial score (nSPS) is 36.0. The average molecular weight is 172 g/mol. The van der Waals surface area contributed by atoms with Gasteiger partial charge in [0.2, 0.25) is 0 Å². The highest BCUT2D eigenvalue weighted by Crippen LogP contribution is 2.17. The van der Waals surface area contributed by atoms with Gasteiger partial charge in [-0.15, -0.1) is 0 Å². The monoisotopic (exact) mass is 172 g/mol. The van der Waals surface area contributed by atoms with Crippen molar-refractivity contribution in [1.82, 2.24) is 0 Å². The van der Waals surface area contributed by atoms with E-state index < -0.39 is 0 Å². The van der Waals surface area contributed by atoms with Gasteiger partial charge in [0.15, 0.2) is 6.29 Å². The fourth-order valence-electron chi connectivity index (χ4n) is 1.47. The molecule has 0 amide bonds. The molecule has 3 heteroatoms. The first-order valence-electron chi connectivity index (χ1n) is 4.80. The Bertz CT molecular complexity index is 128. The van der Waals surface area contributed by atoms with Crippen LogP contribution in [-0.2, 0) is 14.2 Å². The van der Waals surface area contributed by atoms with Crippen molar-refractivity contribution < 1.29 is 14.2 Å². The van der Waals surface area contributed by atoms with Crippen LogP contribution >= 0.6 is 0 Å². The van der Waals surface area contributed by atoms with E-state index in [0.717, 1.165) is 26.1 Å². The highest BCUT2D eigenvalue weighted by Gasteiger charge is 2.21. The van der Waals surface area contributed by atoms with E-state index in [1.807, 2.05) is 0 Å². The maximum absolute atomic E-state index is 5.54. The number of rotatable bonds is 3. The first kappa shape index (κ1) is 8.48. The second-order valence-electron chi connectivity index (χ2n) is 3.41. The van der Waals surface area contributed by atoms with E-state index in [1.54, 1.807) is 0 Å². The molecule has 2 aliphatic rings. The minimum atomic E-state index is 0.0444. The molecule has 2 atom stereocenters. The Kier molecular flexibility index (Phi) is 2.98. The molecule has 0 aromatic carbocycles. The van der Waals surface area contributed by atoms with Crippen LogP contribution in [0.1, 0.15) is 25.7 Å². The van der Waals surface area contributed by atoms with Crippen LogP contribution in [0.5, 0.6) is 0 Å². The minimum Gasteiger partial charge on any atom is -0.376 e. The van der Waals surface area contributed by atoms with Gasteiger partial charge in [0.25, 0.3) is 0 Å². The van der Waals surface area contributed by atoms with Crippen molar-refractivity contribution in [3.05, 3.63) is 0 Å². The van der Waals surface area contributed by atoms with Crippen molar-refractivity contribution in [1.29, 1.82) is 0 Å². The molecule has 0 N–H and O–H groups in total. The smallest absolute Gasteiger partial charge is 0.157 e. The molecule has 0 spiro atoms. The van der Waals surface area contributed by atoms with Gasteiger partial charge in [0, 0.05) is 13.2 Å². The standard InChI is InChI=1S/C9H16O3/c1-2-5-11-9(3-1)12-7-8-4-6-10-8/h8-9H,1-7H2. The Labute approximate surface area is 73.0 Å². The number of hydrogen-bond donors (Lipinski definition) is 0. The predicted molar refractivity (Wildman–Crippen MR) is 43.9 cm³/mol. The summed E-state index contributed by atoms with van der Waals surface area (Å²) in [4.78, 5) is 0. The van der Waals surface area contributed by atoms with Crippen molar-refractivity contribution in [3.63, 3.8) is 0 Å². The molecule has 0 bridgehead atoms. The molecule has 2 heterocycles. The first-order chi connectivity index (χ1) is 5.95. The van der Waals surface area contributed by atoms with Crippen molar-refractivity contribution in [2.75, 3.05) is 19.8 Å². The molecular weight excluding hydrogens is 156 g/mol. The van der Waals surface area contributed by atoms with Crippen LogP contribution in [0.3, 0.4) is 0 Å². The molecule has 2 fully saturated rings. The minimum absolute atomic E-state index is 0.0444. The van der Waals surface area contributed by atoms with Crippen molar-refractivity contribution in [3.8, 4) is 0 Å². The van der Waals surface area contributed by atoms with Crippen molar-refractivity contribution in [2.24, 2.45) is 0 Å². The van der Waals surface area contributed by atoms with Crippen LogP contribution in [0, 0.1) is 0 Å². The lowest BCUT2D eigenvalue weighted by molar-refractivity contribution is -0.195. The van der Waals surface area contributed by atoms with Gasteiger partial charge in [0.05, 0.1) is 12.7 Å². The van der Waals surface area contributed by atoms with E-state index >= 15 is 0 Å². The number of hydrogen-bond acceptors (Lipinski definition) is 3. The molecule has 12 heavy (non-hydrogen) atoms. The molecule has 2 saturated heterocycles. The van der Waals surface area contributed by atoms with Crippen molar-refractivity contribution in [2.45, 2.75) is 38.1 Å². The Morgan fingerprint density at radius 2 is 2.00 bits per heavy atom. The van der Waals surface area contributed by atoms with Gasteiger partial charge in [-0.3, -0.25) is 0 Å². The lowest BCUT2D eigenvalue weighted by atomic mass is 10.2. The molecule has 70 valence electrons. The van der Waals surface area contributed by atoms with E-state index in [4.69, 9.17) is 14.2 Å². The van der Waals surface area contributed by atoms with Gasteiger partial charge in [-0.05, 0) is 25.7 Å². The SMILES string of the molecule is C1CCC(OCC2CCO2)OC1. The van der Waals surface area contributed by atoms with E-state index in [1.165, 1.54) is 12.8 Å². The predicted octanol–water partition coefficient (Wildman–Crippen LogP) is 1.32. The number of ether oxygens (including phenoxy) is 3. The summed E-state index contributed by atoms with van der Waals surface area (Å²) in [5.74, 6) is 0. The van der Waals surface area contributed by atoms with Crippen LogP contribution in [-0.4, -0.2) is 32.2 Å². The van der Waals surface area contributed by atoms with Gasteiger partial charge in [-0.1, -0.05) is 0 Å². The molecule has 0 saturated carbocycles. The largest absolute Gasteiger partial charge is 0.376 e. The van der Waals surface area contributed by atoms with Crippen LogP contribution < -0.4 is 0 Å². The first-order valence-corrected chi connectivity index (χ1v) is 4.80. The molecule has 2 aliphatic heterocycles. The van der Waals surface area contributed by atoms with Gasteiger partial charge >= 0.3 is 0 Å². The summed E-state index contributed by atoms with van der Waals surface area (Å²) in [7, 11) is 0. The zero-order chi connectivity index (χ0) is 8.23. The molecular formula is C9H16O3. The zero-order valence-corrected chi connectivity index (χ0v) is 7.33. The van der Waals surface area contributed by atoms with E-state index in [-0.39, 0.29) is 6.29 Å². The summed E-state index contributed by atoms with van der Waals surface area (Å²) in [5, 5.41) is 0. The van der Waals surface area contributed by atoms with E-state index in [0.29, 0.717) is 12.7 Å². The maximum atomic E-state index is 5.54. The fraction of sp³-hybridized carbons (Fsp3) is 1.00. The van der Waals surface area contributed by atoms with Crippen LogP contribution in [0.25, 0.3) is 0 Å². The van der Waals surface area contributed by atoms with Gasteiger partial charge in [-0.2, -0.15) is 0 Å². The molecule has 3 nitrogen and oxygen atoms in total. The highest BCUT2D eigenvalue weighted by atomic mass is 16.7. The average Bonchev–Trinajstić information content (AvgIpc) is 2.04. The van der Waals surface area contributed by atoms with Gasteiger partial charge in [0.1, 0.15) is 0 Å². The maximum Gasteiger partial charge on any atom is 0.157 e. The molecule has 0 aromatic rings. The molecule has 2 unspecified atom stereocenters. The summed E-state index contributed by atoms with van der Waals surface area (Å²) < 4.78 is 16.2. The third-order valence-electron chi connectivity index (χ3n) is 2.40. The second-order valence-corrected chi connectivity index (χ2v) is 3.41. The lowest BCUT2D eigenvalue weighted by Gasteiger charge is -2.29. The highest BCUT2D eigenvalue weighted by molar-refractivity contribution is 4.65. The molecule has 0 radical (unpaired) electrons. The summed E-state index contributed by atoms with van der Waals surface area (Å²) >= 11 is 0. The molecule has 0 aliphatic carbocycles. The third-order valence-corrected chi connectivity index (χ3v) is 2.40. The topological polar surface area (TPSA) is 27.7 Å². The van der Waals surface area contributed by atoms with Crippen LogP contribution in [0.4, 0.5) is 0 Å².